The zero-order chi connectivity index (χ0) is 12.9. The van der Waals surface area contributed by atoms with E-state index in [1.165, 1.54) is 5.56 Å². The fourth-order valence-electron chi connectivity index (χ4n) is 2.65. The van der Waals surface area contributed by atoms with Crippen molar-refractivity contribution in [3.63, 3.8) is 0 Å². The van der Waals surface area contributed by atoms with Crippen molar-refractivity contribution < 1.29 is 0 Å². The average molecular weight is 282 g/mol. The van der Waals surface area contributed by atoms with Crippen LogP contribution in [0.3, 0.4) is 0 Å². The van der Waals surface area contributed by atoms with Gasteiger partial charge in [-0.2, -0.15) is 0 Å². The van der Waals surface area contributed by atoms with E-state index >= 15 is 0 Å². The van der Waals surface area contributed by atoms with E-state index < -0.39 is 0 Å². The highest BCUT2D eigenvalue weighted by Crippen LogP contribution is 2.41. The third-order valence-corrected chi connectivity index (χ3v) is 4.28. The Labute approximate surface area is 115 Å². The molecule has 94 valence electrons. The lowest BCUT2D eigenvalue weighted by molar-refractivity contribution is 0.901. The van der Waals surface area contributed by atoms with Crippen LogP contribution in [0.4, 0.5) is 5.69 Å². The minimum absolute atomic E-state index is 0.623. The van der Waals surface area contributed by atoms with Crippen molar-refractivity contribution in [3.05, 3.63) is 32.9 Å². The molecule has 0 radical (unpaired) electrons. The number of nitrogen functional groups attached to an aromatic ring is 1. The molecular formula is C13H13Cl2N3. The number of benzene rings is 1. The van der Waals surface area contributed by atoms with Crippen molar-refractivity contribution in [2.75, 3.05) is 5.43 Å². The molecule has 3 N–H and O–H groups in total. The van der Waals surface area contributed by atoms with Crippen LogP contribution in [0.25, 0.3) is 10.9 Å². The zero-order valence-corrected chi connectivity index (χ0v) is 11.5. The second kappa shape index (κ2) is 4.26. The van der Waals surface area contributed by atoms with E-state index in [0.29, 0.717) is 10.0 Å². The van der Waals surface area contributed by atoms with Crippen molar-refractivity contribution >= 4 is 39.8 Å². The van der Waals surface area contributed by atoms with Crippen LogP contribution in [0, 0.1) is 6.92 Å². The Kier molecular flexibility index (Phi) is 2.85. The summed E-state index contributed by atoms with van der Waals surface area (Å²) < 4.78 is 0. The zero-order valence-electron chi connectivity index (χ0n) is 9.98. The van der Waals surface area contributed by atoms with E-state index in [4.69, 9.17) is 29.0 Å². The molecule has 0 saturated heterocycles. The first kappa shape index (κ1) is 12.0. The van der Waals surface area contributed by atoms with Gasteiger partial charge in [0.2, 0.25) is 0 Å². The van der Waals surface area contributed by atoms with Gasteiger partial charge >= 0.3 is 0 Å². The number of hydrazine groups is 1. The molecule has 1 aromatic heterocycles. The Balaban J connectivity index is 2.51. The van der Waals surface area contributed by atoms with Crippen LogP contribution in [-0.4, -0.2) is 4.98 Å². The molecule has 0 atom stereocenters. The summed E-state index contributed by atoms with van der Waals surface area (Å²) in [6, 6.07) is 1.85. The third-order valence-electron chi connectivity index (χ3n) is 3.50. The van der Waals surface area contributed by atoms with Crippen molar-refractivity contribution in [2.45, 2.75) is 26.2 Å². The summed E-state index contributed by atoms with van der Waals surface area (Å²) >= 11 is 12.7. The van der Waals surface area contributed by atoms with Gasteiger partial charge in [-0.1, -0.05) is 23.2 Å². The number of hydrogen-bond acceptors (Lipinski definition) is 3. The first-order chi connectivity index (χ1) is 8.63. The SMILES string of the molecule is Cc1cc(Cl)c2nc3c(c(NN)c2c1Cl)CCC3. The molecule has 1 aliphatic carbocycles. The number of nitrogens with two attached hydrogens (primary N) is 1. The molecule has 0 unspecified atom stereocenters. The molecule has 0 bridgehead atoms. The summed E-state index contributed by atoms with van der Waals surface area (Å²) in [6.45, 7) is 1.93. The fourth-order valence-corrected chi connectivity index (χ4v) is 3.18. The van der Waals surface area contributed by atoms with E-state index in [-0.39, 0.29) is 0 Å². The maximum absolute atomic E-state index is 6.39. The number of aryl methyl sites for hydroxylation is 2. The Morgan fingerprint density at radius 2 is 2.11 bits per heavy atom. The number of fused-ring (bicyclic) bond motifs is 2. The maximum atomic E-state index is 6.39. The van der Waals surface area contributed by atoms with Gasteiger partial charge in [-0.05, 0) is 43.4 Å². The molecule has 1 aromatic carbocycles. The highest BCUT2D eigenvalue weighted by molar-refractivity contribution is 6.41. The van der Waals surface area contributed by atoms with Crippen LogP contribution < -0.4 is 11.3 Å². The van der Waals surface area contributed by atoms with E-state index in [1.54, 1.807) is 0 Å². The third kappa shape index (κ3) is 1.58. The Hall–Kier alpha value is -1.03. The standard InChI is InChI=1S/C13H13Cl2N3/c1-6-5-8(14)13-10(11(6)15)12(18-16)7-3-2-4-9(7)17-13/h5H,2-4,16H2,1H3,(H,17,18). The van der Waals surface area contributed by atoms with Gasteiger partial charge in [0, 0.05) is 11.1 Å². The highest BCUT2D eigenvalue weighted by atomic mass is 35.5. The van der Waals surface area contributed by atoms with E-state index in [0.717, 1.165) is 47.1 Å². The first-order valence-corrected chi connectivity index (χ1v) is 6.65. The summed E-state index contributed by atoms with van der Waals surface area (Å²) in [6.07, 6.45) is 3.06. The number of hydrogen-bond donors (Lipinski definition) is 2. The lowest BCUT2D eigenvalue weighted by Crippen LogP contribution is -2.11. The minimum Gasteiger partial charge on any atom is -0.323 e. The topological polar surface area (TPSA) is 50.9 Å². The highest BCUT2D eigenvalue weighted by Gasteiger charge is 2.22. The quantitative estimate of drug-likeness (QED) is 0.620. The van der Waals surface area contributed by atoms with Gasteiger partial charge < -0.3 is 5.43 Å². The molecule has 0 spiro atoms. The Morgan fingerprint density at radius 1 is 1.33 bits per heavy atom. The molecule has 1 aliphatic rings. The summed E-state index contributed by atoms with van der Waals surface area (Å²) in [5, 5.41) is 2.13. The smallest absolute Gasteiger partial charge is 0.0928 e. The summed E-state index contributed by atoms with van der Waals surface area (Å²) in [5.41, 5.74) is 7.59. The maximum Gasteiger partial charge on any atom is 0.0928 e. The molecule has 5 heteroatoms. The largest absolute Gasteiger partial charge is 0.323 e. The summed E-state index contributed by atoms with van der Waals surface area (Å²) in [5.74, 6) is 5.68. The normalized spacial score (nSPS) is 14.0. The molecule has 18 heavy (non-hydrogen) atoms. The molecular weight excluding hydrogens is 269 g/mol. The number of halogens is 2. The van der Waals surface area contributed by atoms with Gasteiger partial charge in [0.15, 0.2) is 0 Å². The summed E-state index contributed by atoms with van der Waals surface area (Å²) in [7, 11) is 0. The lowest BCUT2D eigenvalue weighted by atomic mass is 10.0. The molecule has 0 fully saturated rings. The van der Waals surface area contributed by atoms with Crippen LogP contribution >= 0.6 is 23.2 Å². The second-order valence-electron chi connectivity index (χ2n) is 4.62. The number of aromatic nitrogens is 1. The van der Waals surface area contributed by atoms with Gasteiger partial charge in [-0.25, -0.2) is 0 Å². The average Bonchev–Trinajstić information content (AvgIpc) is 2.81. The van der Waals surface area contributed by atoms with E-state index in [2.05, 4.69) is 10.4 Å². The number of nitrogens with one attached hydrogen (secondary N) is 1. The number of nitrogens with zero attached hydrogens (tertiary/aromatic N) is 1. The van der Waals surface area contributed by atoms with Crippen LogP contribution in [-0.2, 0) is 12.8 Å². The number of anilines is 1. The first-order valence-electron chi connectivity index (χ1n) is 5.90. The number of rotatable bonds is 1. The van der Waals surface area contributed by atoms with Gasteiger partial charge in [-0.15, -0.1) is 0 Å². The van der Waals surface area contributed by atoms with Gasteiger partial charge in [-0.3, -0.25) is 10.8 Å². The fraction of sp³-hybridized carbons (Fsp3) is 0.308. The number of pyridine rings is 1. The monoisotopic (exact) mass is 281 g/mol. The van der Waals surface area contributed by atoms with Crippen LogP contribution in [0.5, 0.6) is 0 Å². The lowest BCUT2D eigenvalue weighted by Gasteiger charge is -2.15. The molecule has 3 nitrogen and oxygen atoms in total. The molecule has 2 aromatic rings. The van der Waals surface area contributed by atoms with Crippen molar-refractivity contribution in [1.82, 2.24) is 4.98 Å². The van der Waals surface area contributed by atoms with Crippen LogP contribution in [0.2, 0.25) is 10.0 Å². The minimum atomic E-state index is 0.623. The molecule has 0 amide bonds. The van der Waals surface area contributed by atoms with Crippen molar-refractivity contribution in [2.24, 2.45) is 5.84 Å². The van der Waals surface area contributed by atoms with Crippen molar-refractivity contribution in [3.8, 4) is 0 Å². The molecule has 0 aliphatic heterocycles. The molecule has 3 rings (SSSR count). The second-order valence-corrected chi connectivity index (χ2v) is 5.41. The van der Waals surface area contributed by atoms with Crippen LogP contribution in [0.1, 0.15) is 23.2 Å². The van der Waals surface area contributed by atoms with Gasteiger partial charge in [0.1, 0.15) is 0 Å². The van der Waals surface area contributed by atoms with Gasteiger partial charge in [0.05, 0.1) is 21.2 Å². The predicted octanol–water partition coefficient (Wildman–Crippen LogP) is 3.62. The van der Waals surface area contributed by atoms with Crippen molar-refractivity contribution in [1.29, 1.82) is 0 Å². The summed E-state index contributed by atoms with van der Waals surface area (Å²) in [4.78, 5) is 4.65. The van der Waals surface area contributed by atoms with E-state index in [9.17, 15) is 0 Å². The van der Waals surface area contributed by atoms with Gasteiger partial charge in [0.25, 0.3) is 0 Å². The Bertz CT molecular complexity index is 653. The van der Waals surface area contributed by atoms with E-state index in [1.807, 2.05) is 13.0 Å². The van der Waals surface area contributed by atoms with Crippen LogP contribution in [0.15, 0.2) is 6.07 Å². The molecule has 1 heterocycles. The predicted molar refractivity (Wildman–Crippen MR) is 76.3 cm³/mol. The molecule has 0 saturated carbocycles. The Morgan fingerprint density at radius 3 is 2.83 bits per heavy atom.